The molecule has 238 valence electrons. The zero-order chi connectivity index (χ0) is 32.9. The van der Waals surface area contributed by atoms with Crippen molar-refractivity contribution in [1.29, 1.82) is 0 Å². The molecule has 0 spiro atoms. The second-order valence-corrected chi connectivity index (χ2v) is 11.0. The molecule has 0 saturated heterocycles. The van der Waals surface area contributed by atoms with Crippen LogP contribution < -0.4 is 16.0 Å². The number of hydrogen-bond acceptors (Lipinski definition) is 6. The van der Waals surface area contributed by atoms with Gasteiger partial charge in [-0.3, -0.25) is 19.7 Å². The van der Waals surface area contributed by atoms with Crippen LogP contribution in [0.1, 0.15) is 66.6 Å². The van der Waals surface area contributed by atoms with E-state index in [-0.39, 0.29) is 42.0 Å². The molecule has 0 heterocycles. The number of phenolic OH excluding ortho intramolecular Hbond substituents is 1. The standard InChI is InChI=1S/C37H39N3O6/c1-3-4-8-21-31(42)39-36(44)33-29(22-26-15-9-5-10-16-26)23-30(41)34(32(33)28-19-13-7-14-20-28)40-35(43)25(2)38-37(45)46-24-27-17-11-6-12-18-27/h5-7,9-20,23,25,41H,3-4,8,21-22,24H2,1-2H3,(H,38,45)(H,40,43)(H,39,42,44)/t25-/m1/s1. The SMILES string of the molecule is CCCCCC(=O)NC(=O)c1c(Cc2ccccc2)cc(O)c(NC(=O)[C@@H](C)NC(=O)OCc2ccccc2)c1-c1ccccc1. The van der Waals surface area contributed by atoms with Gasteiger partial charge in [0, 0.05) is 12.0 Å². The molecule has 0 bridgehead atoms. The molecule has 0 aliphatic rings. The fourth-order valence-electron chi connectivity index (χ4n) is 4.98. The monoisotopic (exact) mass is 621 g/mol. The van der Waals surface area contributed by atoms with Gasteiger partial charge >= 0.3 is 6.09 Å². The molecule has 9 heteroatoms. The Labute approximate surface area is 269 Å². The molecule has 0 saturated carbocycles. The third-order valence-electron chi connectivity index (χ3n) is 7.36. The van der Waals surface area contributed by atoms with E-state index in [9.17, 15) is 24.3 Å². The van der Waals surface area contributed by atoms with Gasteiger partial charge in [-0.05, 0) is 48.1 Å². The number of phenols is 1. The smallest absolute Gasteiger partial charge is 0.408 e. The van der Waals surface area contributed by atoms with E-state index in [4.69, 9.17) is 4.74 Å². The van der Waals surface area contributed by atoms with Crippen LogP contribution in [0.3, 0.4) is 0 Å². The van der Waals surface area contributed by atoms with Crippen LogP contribution in [-0.4, -0.2) is 35.0 Å². The van der Waals surface area contributed by atoms with Gasteiger partial charge in [0.25, 0.3) is 5.91 Å². The molecule has 0 aliphatic carbocycles. The molecule has 4 N–H and O–H groups in total. The highest BCUT2D eigenvalue weighted by atomic mass is 16.5. The fourth-order valence-corrected chi connectivity index (χ4v) is 4.98. The Balaban J connectivity index is 1.68. The summed E-state index contributed by atoms with van der Waals surface area (Å²) in [5, 5.41) is 19.1. The van der Waals surface area contributed by atoms with E-state index in [1.807, 2.05) is 67.6 Å². The Morgan fingerprint density at radius 2 is 1.43 bits per heavy atom. The van der Waals surface area contributed by atoms with Crippen molar-refractivity contribution in [3.63, 3.8) is 0 Å². The van der Waals surface area contributed by atoms with Gasteiger partial charge < -0.3 is 20.5 Å². The molecule has 4 aromatic rings. The number of carbonyl (C=O) groups excluding carboxylic acids is 4. The Bertz CT molecular complexity index is 1640. The number of ether oxygens (including phenoxy) is 1. The molecule has 4 aromatic carbocycles. The maximum atomic E-state index is 13.9. The van der Waals surface area contributed by atoms with E-state index < -0.39 is 29.9 Å². The Morgan fingerprint density at radius 3 is 2.07 bits per heavy atom. The number of aromatic hydroxyl groups is 1. The third kappa shape index (κ3) is 9.28. The minimum absolute atomic E-state index is 0.0251. The van der Waals surface area contributed by atoms with Crippen molar-refractivity contribution in [3.8, 4) is 16.9 Å². The molecular formula is C37H39N3O6. The Morgan fingerprint density at radius 1 is 0.826 bits per heavy atom. The average molecular weight is 622 g/mol. The van der Waals surface area contributed by atoms with Crippen LogP contribution in [-0.2, 0) is 27.4 Å². The number of benzene rings is 4. The number of hydrogen-bond donors (Lipinski definition) is 4. The molecule has 0 aromatic heterocycles. The summed E-state index contributed by atoms with van der Waals surface area (Å²) in [4.78, 5) is 52.5. The minimum Gasteiger partial charge on any atom is -0.506 e. The normalized spacial score (nSPS) is 11.3. The van der Waals surface area contributed by atoms with Gasteiger partial charge in [-0.1, -0.05) is 111 Å². The maximum Gasteiger partial charge on any atom is 0.408 e. The third-order valence-corrected chi connectivity index (χ3v) is 7.36. The van der Waals surface area contributed by atoms with Crippen molar-refractivity contribution in [2.45, 2.75) is 58.6 Å². The van der Waals surface area contributed by atoms with E-state index in [2.05, 4.69) is 16.0 Å². The summed E-state index contributed by atoms with van der Waals surface area (Å²) in [7, 11) is 0. The van der Waals surface area contributed by atoms with Gasteiger partial charge in [-0.2, -0.15) is 0 Å². The average Bonchev–Trinajstić information content (AvgIpc) is 3.06. The van der Waals surface area contributed by atoms with Crippen molar-refractivity contribution in [1.82, 2.24) is 10.6 Å². The van der Waals surface area contributed by atoms with Crippen molar-refractivity contribution in [3.05, 3.63) is 119 Å². The molecule has 0 aliphatic heterocycles. The number of amides is 4. The molecule has 46 heavy (non-hydrogen) atoms. The van der Waals surface area contributed by atoms with Crippen LogP contribution >= 0.6 is 0 Å². The molecular weight excluding hydrogens is 582 g/mol. The van der Waals surface area contributed by atoms with Gasteiger partial charge in [0.15, 0.2) is 0 Å². The lowest BCUT2D eigenvalue weighted by atomic mass is 9.89. The summed E-state index contributed by atoms with van der Waals surface area (Å²) in [5.41, 5.74) is 3.05. The predicted octanol–water partition coefficient (Wildman–Crippen LogP) is 6.74. The van der Waals surface area contributed by atoms with E-state index in [0.717, 1.165) is 24.0 Å². The number of unbranched alkanes of at least 4 members (excludes halogenated alkanes) is 2. The number of alkyl carbamates (subject to hydrolysis) is 1. The van der Waals surface area contributed by atoms with E-state index in [1.165, 1.54) is 13.0 Å². The molecule has 9 nitrogen and oxygen atoms in total. The van der Waals surface area contributed by atoms with Crippen molar-refractivity contribution in [2.75, 3.05) is 5.32 Å². The van der Waals surface area contributed by atoms with Gasteiger partial charge in [-0.15, -0.1) is 0 Å². The van der Waals surface area contributed by atoms with Crippen LogP contribution in [0.15, 0.2) is 97.1 Å². The van der Waals surface area contributed by atoms with E-state index in [1.54, 1.807) is 30.3 Å². The van der Waals surface area contributed by atoms with E-state index in [0.29, 0.717) is 17.5 Å². The highest BCUT2D eigenvalue weighted by Gasteiger charge is 2.28. The molecule has 1 atom stereocenters. The Hall–Kier alpha value is -5.44. The summed E-state index contributed by atoms with van der Waals surface area (Å²) < 4.78 is 5.25. The van der Waals surface area contributed by atoms with Gasteiger partial charge in [0.2, 0.25) is 11.8 Å². The first-order valence-electron chi connectivity index (χ1n) is 15.4. The molecule has 4 amide bonds. The lowest BCUT2D eigenvalue weighted by Crippen LogP contribution is -2.42. The summed E-state index contributed by atoms with van der Waals surface area (Å²) in [5.74, 6) is -1.98. The lowest BCUT2D eigenvalue weighted by molar-refractivity contribution is -0.120. The molecule has 0 fully saturated rings. The Kier molecular flexibility index (Phi) is 12.1. The first-order chi connectivity index (χ1) is 22.3. The van der Waals surface area contributed by atoms with Gasteiger partial charge in [0.1, 0.15) is 18.4 Å². The lowest BCUT2D eigenvalue weighted by Gasteiger charge is -2.22. The minimum atomic E-state index is -1.06. The summed E-state index contributed by atoms with van der Waals surface area (Å²) in [6, 6.07) is 27.8. The number of imide groups is 1. The molecule has 0 unspecified atom stereocenters. The van der Waals surface area contributed by atoms with Crippen LogP contribution in [0.5, 0.6) is 5.75 Å². The van der Waals surface area contributed by atoms with E-state index >= 15 is 0 Å². The fraction of sp³-hybridized carbons (Fsp3) is 0.243. The highest BCUT2D eigenvalue weighted by Crippen LogP contribution is 2.41. The van der Waals surface area contributed by atoms with Crippen LogP contribution in [0.4, 0.5) is 10.5 Å². The highest BCUT2D eigenvalue weighted by molar-refractivity contribution is 6.13. The van der Waals surface area contributed by atoms with Crippen molar-refractivity contribution in [2.24, 2.45) is 0 Å². The maximum absolute atomic E-state index is 13.9. The van der Waals surface area contributed by atoms with Crippen molar-refractivity contribution >= 4 is 29.5 Å². The van der Waals surface area contributed by atoms with Gasteiger partial charge in [0.05, 0.1) is 11.3 Å². The van der Waals surface area contributed by atoms with Crippen LogP contribution in [0.2, 0.25) is 0 Å². The second-order valence-electron chi connectivity index (χ2n) is 11.0. The number of nitrogens with one attached hydrogen (secondary N) is 3. The number of carbonyl (C=O) groups is 4. The largest absolute Gasteiger partial charge is 0.506 e. The second kappa shape index (κ2) is 16.6. The van der Waals surface area contributed by atoms with Gasteiger partial charge in [-0.25, -0.2) is 4.79 Å². The summed E-state index contributed by atoms with van der Waals surface area (Å²) in [6.45, 7) is 3.53. The quantitative estimate of drug-likeness (QED) is 0.0965. The topological polar surface area (TPSA) is 134 Å². The number of anilines is 1. The summed E-state index contributed by atoms with van der Waals surface area (Å²) >= 11 is 0. The first-order valence-corrected chi connectivity index (χ1v) is 15.4. The van der Waals surface area contributed by atoms with Crippen LogP contribution in [0, 0.1) is 0 Å². The predicted molar refractivity (Wildman–Crippen MR) is 177 cm³/mol. The van der Waals surface area contributed by atoms with Crippen LogP contribution in [0.25, 0.3) is 11.1 Å². The zero-order valence-electron chi connectivity index (χ0n) is 26.0. The first kappa shape index (κ1) is 33.5. The molecule has 0 radical (unpaired) electrons. The molecule has 4 rings (SSSR count). The zero-order valence-corrected chi connectivity index (χ0v) is 26.0. The summed E-state index contributed by atoms with van der Waals surface area (Å²) in [6.07, 6.45) is 2.11. The number of rotatable bonds is 13. The van der Waals surface area contributed by atoms with Crippen molar-refractivity contribution < 1.29 is 29.0 Å².